The number of unbranched alkanes of at least 4 members (excludes halogenated alkanes) is 1. The third kappa shape index (κ3) is 3.37. The van der Waals surface area contributed by atoms with E-state index in [1.807, 2.05) is 6.07 Å². The third-order valence-electron chi connectivity index (χ3n) is 3.00. The fourth-order valence-electron chi connectivity index (χ4n) is 2.02. The van der Waals surface area contributed by atoms with E-state index >= 15 is 0 Å². The predicted octanol–water partition coefficient (Wildman–Crippen LogP) is 2.74. The normalized spacial score (nSPS) is 14.9. The first-order valence-corrected chi connectivity index (χ1v) is 6.41. The summed E-state index contributed by atoms with van der Waals surface area (Å²) in [5.41, 5.74) is 1.30. The molecule has 1 N–H and O–H groups in total. The highest BCUT2D eigenvalue weighted by Crippen LogP contribution is 2.32. The number of nitrogens with one attached hydrogen (secondary N) is 1. The number of fused-ring (bicyclic) bond motifs is 1. The van der Waals surface area contributed by atoms with E-state index in [1.54, 1.807) is 0 Å². The van der Waals surface area contributed by atoms with Crippen LogP contribution in [0, 0.1) is 0 Å². The van der Waals surface area contributed by atoms with Crippen molar-refractivity contribution in [2.45, 2.75) is 39.2 Å². The summed E-state index contributed by atoms with van der Waals surface area (Å²) in [4.78, 5) is 0. The molecule has 0 saturated heterocycles. The van der Waals surface area contributed by atoms with E-state index < -0.39 is 0 Å². The maximum absolute atomic E-state index is 5.38. The molecule has 3 heteroatoms. The Hall–Kier alpha value is -1.22. The molecule has 0 radical (unpaired) electrons. The molecule has 1 aliphatic rings. The van der Waals surface area contributed by atoms with Crippen LogP contribution in [-0.4, -0.2) is 19.4 Å². The van der Waals surface area contributed by atoms with Crippen LogP contribution in [0.4, 0.5) is 0 Å². The molecule has 2 rings (SSSR count). The van der Waals surface area contributed by atoms with Gasteiger partial charge in [-0.1, -0.05) is 19.4 Å². The smallest absolute Gasteiger partial charge is 0.231 e. The van der Waals surface area contributed by atoms with Crippen molar-refractivity contribution in [1.82, 2.24) is 5.32 Å². The molecule has 17 heavy (non-hydrogen) atoms. The van der Waals surface area contributed by atoms with E-state index in [9.17, 15) is 0 Å². The van der Waals surface area contributed by atoms with Gasteiger partial charge in [-0.05, 0) is 44.0 Å². The molecule has 94 valence electrons. The minimum Gasteiger partial charge on any atom is -0.454 e. The summed E-state index contributed by atoms with van der Waals surface area (Å²) in [6.45, 7) is 5.88. The fraction of sp³-hybridized carbons (Fsp3) is 0.571. The van der Waals surface area contributed by atoms with E-state index in [0.29, 0.717) is 12.8 Å². The van der Waals surface area contributed by atoms with E-state index in [-0.39, 0.29) is 0 Å². The van der Waals surface area contributed by atoms with E-state index in [0.717, 1.165) is 24.5 Å². The monoisotopic (exact) mass is 235 g/mol. The Morgan fingerprint density at radius 3 is 2.94 bits per heavy atom. The molecule has 1 unspecified atom stereocenters. The summed E-state index contributed by atoms with van der Waals surface area (Å²) in [5, 5.41) is 3.53. The summed E-state index contributed by atoms with van der Waals surface area (Å²) in [6.07, 6.45) is 3.51. The Bertz CT molecular complexity index is 365. The lowest BCUT2D eigenvalue weighted by Gasteiger charge is -2.13. The summed E-state index contributed by atoms with van der Waals surface area (Å²) in [6, 6.07) is 6.70. The maximum atomic E-state index is 5.38. The van der Waals surface area contributed by atoms with Gasteiger partial charge in [0.25, 0.3) is 0 Å². The van der Waals surface area contributed by atoms with Crippen LogP contribution in [0.25, 0.3) is 0 Å². The van der Waals surface area contributed by atoms with E-state index in [1.165, 1.54) is 18.4 Å². The molecule has 1 aromatic rings. The Balaban J connectivity index is 1.86. The van der Waals surface area contributed by atoms with Crippen molar-refractivity contribution in [2.75, 3.05) is 13.3 Å². The molecule has 0 saturated carbocycles. The molecular formula is C14H21NO2. The lowest BCUT2D eigenvalue weighted by Crippen LogP contribution is -2.28. The van der Waals surface area contributed by atoms with E-state index in [2.05, 4.69) is 31.3 Å². The largest absolute Gasteiger partial charge is 0.454 e. The van der Waals surface area contributed by atoms with Gasteiger partial charge in [-0.25, -0.2) is 0 Å². The third-order valence-corrected chi connectivity index (χ3v) is 3.00. The molecule has 1 heterocycles. The number of ether oxygens (including phenoxy) is 2. The second-order valence-electron chi connectivity index (χ2n) is 4.60. The first-order chi connectivity index (χ1) is 8.29. The second kappa shape index (κ2) is 5.92. The molecule has 1 aliphatic heterocycles. The molecule has 1 atom stereocenters. The van der Waals surface area contributed by atoms with Crippen LogP contribution in [0.5, 0.6) is 11.5 Å². The zero-order valence-corrected chi connectivity index (χ0v) is 10.7. The lowest BCUT2D eigenvalue weighted by molar-refractivity contribution is 0.174. The Morgan fingerprint density at radius 2 is 2.12 bits per heavy atom. The summed E-state index contributed by atoms with van der Waals surface area (Å²) in [7, 11) is 0. The molecule has 0 bridgehead atoms. The van der Waals surface area contributed by atoms with Crippen LogP contribution in [0.15, 0.2) is 18.2 Å². The van der Waals surface area contributed by atoms with Crippen LogP contribution >= 0.6 is 0 Å². The van der Waals surface area contributed by atoms with Gasteiger partial charge >= 0.3 is 0 Å². The average Bonchev–Trinajstić information content (AvgIpc) is 2.76. The Morgan fingerprint density at radius 1 is 1.29 bits per heavy atom. The van der Waals surface area contributed by atoms with Gasteiger partial charge in [-0.15, -0.1) is 0 Å². The number of hydrogen-bond donors (Lipinski definition) is 1. The lowest BCUT2D eigenvalue weighted by atomic mass is 10.1. The quantitative estimate of drug-likeness (QED) is 0.769. The van der Waals surface area contributed by atoms with Gasteiger partial charge in [-0.2, -0.15) is 0 Å². The van der Waals surface area contributed by atoms with Crippen molar-refractivity contribution in [3.63, 3.8) is 0 Å². The van der Waals surface area contributed by atoms with Crippen molar-refractivity contribution >= 4 is 0 Å². The molecular weight excluding hydrogens is 214 g/mol. The molecule has 0 aliphatic carbocycles. The minimum atomic E-state index is 0.350. The number of benzene rings is 1. The molecule has 0 fully saturated rings. The highest BCUT2D eigenvalue weighted by atomic mass is 16.7. The number of rotatable bonds is 6. The predicted molar refractivity (Wildman–Crippen MR) is 68.6 cm³/mol. The highest BCUT2D eigenvalue weighted by molar-refractivity contribution is 5.44. The Labute approximate surface area is 103 Å². The van der Waals surface area contributed by atoms with E-state index in [4.69, 9.17) is 9.47 Å². The summed E-state index contributed by atoms with van der Waals surface area (Å²) in [5.74, 6) is 1.74. The zero-order chi connectivity index (χ0) is 12.1. The minimum absolute atomic E-state index is 0.350. The average molecular weight is 235 g/mol. The van der Waals surface area contributed by atoms with Crippen LogP contribution in [-0.2, 0) is 6.42 Å². The Kier molecular flexibility index (Phi) is 4.26. The standard InChI is InChI=1S/C14H21NO2/c1-3-4-7-15-11(2)8-12-5-6-13-14(9-12)17-10-16-13/h5-6,9,11,15H,3-4,7-8,10H2,1-2H3. The SMILES string of the molecule is CCCCNC(C)Cc1ccc2c(c1)OCO2. The summed E-state index contributed by atoms with van der Waals surface area (Å²) < 4.78 is 10.7. The molecule has 3 nitrogen and oxygen atoms in total. The summed E-state index contributed by atoms with van der Waals surface area (Å²) >= 11 is 0. The topological polar surface area (TPSA) is 30.5 Å². The van der Waals surface area contributed by atoms with Gasteiger partial charge in [0, 0.05) is 6.04 Å². The zero-order valence-electron chi connectivity index (χ0n) is 10.7. The first-order valence-electron chi connectivity index (χ1n) is 6.41. The van der Waals surface area contributed by atoms with Crippen molar-refractivity contribution in [3.05, 3.63) is 23.8 Å². The first kappa shape index (κ1) is 12.2. The van der Waals surface area contributed by atoms with Gasteiger partial charge in [0.05, 0.1) is 0 Å². The van der Waals surface area contributed by atoms with Crippen molar-refractivity contribution < 1.29 is 9.47 Å². The van der Waals surface area contributed by atoms with Gasteiger partial charge in [0.2, 0.25) is 6.79 Å². The second-order valence-corrected chi connectivity index (χ2v) is 4.60. The van der Waals surface area contributed by atoms with Gasteiger partial charge in [0.15, 0.2) is 11.5 Å². The van der Waals surface area contributed by atoms with Gasteiger partial charge in [-0.3, -0.25) is 0 Å². The van der Waals surface area contributed by atoms with Crippen molar-refractivity contribution in [1.29, 1.82) is 0 Å². The number of hydrogen-bond acceptors (Lipinski definition) is 3. The van der Waals surface area contributed by atoms with Crippen LogP contribution in [0.3, 0.4) is 0 Å². The highest BCUT2D eigenvalue weighted by Gasteiger charge is 2.13. The van der Waals surface area contributed by atoms with Crippen molar-refractivity contribution in [2.24, 2.45) is 0 Å². The van der Waals surface area contributed by atoms with Gasteiger partial charge < -0.3 is 14.8 Å². The van der Waals surface area contributed by atoms with Crippen LogP contribution in [0.1, 0.15) is 32.3 Å². The fourth-order valence-corrected chi connectivity index (χ4v) is 2.02. The van der Waals surface area contributed by atoms with Crippen LogP contribution in [0.2, 0.25) is 0 Å². The molecule has 0 spiro atoms. The molecule has 0 aromatic heterocycles. The molecule has 0 amide bonds. The van der Waals surface area contributed by atoms with Gasteiger partial charge in [0.1, 0.15) is 0 Å². The molecule has 1 aromatic carbocycles. The maximum Gasteiger partial charge on any atom is 0.231 e. The van der Waals surface area contributed by atoms with Crippen molar-refractivity contribution in [3.8, 4) is 11.5 Å². The van der Waals surface area contributed by atoms with Crippen LogP contribution < -0.4 is 14.8 Å².